The molecular formula is C16H18N2O3S. The van der Waals surface area contributed by atoms with Crippen LogP contribution in [-0.4, -0.2) is 31.7 Å². The molecule has 6 heteroatoms. The van der Waals surface area contributed by atoms with Gasteiger partial charge in [-0.15, -0.1) is 0 Å². The van der Waals surface area contributed by atoms with Gasteiger partial charge in [0.25, 0.3) is 0 Å². The number of hydrogen-bond donors (Lipinski definition) is 1. The lowest BCUT2D eigenvalue weighted by Gasteiger charge is -2.20. The van der Waals surface area contributed by atoms with Crippen molar-refractivity contribution < 1.29 is 13.2 Å². The van der Waals surface area contributed by atoms with Crippen LogP contribution >= 0.6 is 0 Å². The molecule has 2 aromatic carbocycles. The van der Waals surface area contributed by atoms with Crippen LogP contribution in [0.15, 0.2) is 65.6 Å². The molecule has 0 atom stereocenters. The van der Waals surface area contributed by atoms with Gasteiger partial charge in [0.1, 0.15) is 0 Å². The number of nitrogens with one attached hydrogen (secondary N) is 1. The van der Waals surface area contributed by atoms with Crippen molar-refractivity contribution in [2.24, 2.45) is 0 Å². The number of nitrogens with zero attached hydrogens (tertiary/aromatic N) is 1. The van der Waals surface area contributed by atoms with Gasteiger partial charge in [0.15, 0.2) is 0 Å². The van der Waals surface area contributed by atoms with Gasteiger partial charge in [-0.3, -0.25) is 4.79 Å². The van der Waals surface area contributed by atoms with Crippen LogP contribution in [0, 0.1) is 0 Å². The van der Waals surface area contributed by atoms with E-state index in [1.54, 1.807) is 49.4 Å². The number of carbonyl (C=O) groups is 1. The first kappa shape index (κ1) is 16.2. The summed E-state index contributed by atoms with van der Waals surface area (Å²) in [7, 11) is -3.67. The number of para-hydroxylation sites is 1. The molecule has 0 aromatic heterocycles. The third kappa shape index (κ3) is 3.93. The van der Waals surface area contributed by atoms with E-state index >= 15 is 0 Å². The molecule has 116 valence electrons. The minimum atomic E-state index is -3.67. The van der Waals surface area contributed by atoms with Crippen LogP contribution in [0.5, 0.6) is 0 Å². The van der Waals surface area contributed by atoms with Gasteiger partial charge in [-0.25, -0.2) is 8.42 Å². The molecule has 1 amide bonds. The maximum Gasteiger partial charge on any atom is 0.243 e. The second kappa shape index (κ2) is 7.20. The van der Waals surface area contributed by atoms with Crippen LogP contribution in [-0.2, 0) is 14.8 Å². The average Bonchev–Trinajstić information content (AvgIpc) is 2.54. The molecule has 0 heterocycles. The average molecular weight is 318 g/mol. The van der Waals surface area contributed by atoms with Gasteiger partial charge < -0.3 is 5.32 Å². The molecule has 0 aliphatic carbocycles. The lowest BCUT2D eigenvalue weighted by Crippen LogP contribution is -2.37. The van der Waals surface area contributed by atoms with E-state index in [0.717, 1.165) is 4.31 Å². The number of hydrogen-bond acceptors (Lipinski definition) is 3. The van der Waals surface area contributed by atoms with Crippen LogP contribution in [0.2, 0.25) is 0 Å². The molecule has 0 unspecified atom stereocenters. The molecule has 5 nitrogen and oxygen atoms in total. The molecule has 0 aliphatic rings. The Morgan fingerprint density at radius 3 is 2.09 bits per heavy atom. The Morgan fingerprint density at radius 1 is 1.00 bits per heavy atom. The van der Waals surface area contributed by atoms with Crippen molar-refractivity contribution in [3.05, 3.63) is 60.7 Å². The van der Waals surface area contributed by atoms with Gasteiger partial charge in [0.2, 0.25) is 15.9 Å². The molecular weight excluding hydrogens is 300 g/mol. The highest BCUT2D eigenvalue weighted by molar-refractivity contribution is 7.89. The summed E-state index contributed by atoms with van der Waals surface area (Å²) in [5.74, 6) is -0.368. The third-order valence-corrected chi connectivity index (χ3v) is 5.05. The second-order valence-corrected chi connectivity index (χ2v) is 6.60. The van der Waals surface area contributed by atoms with E-state index in [1.807, 2.05) is 6.07 Å². The van der Waals surface area contributed by atoms with Crippen LogP contribution in [0.25, 0.3) is 0 Å². The van der Waals surface area contributed by atoms with Crippen LogP contribution in [0.1, 0.15) is 6.92 Å². The van der Waals surface area contributed by atoms with Crippen molar-refractivity contribution in [1.29, 1.82) is 0 Å². The van der Waals surface area contributed by atoms with Crippen molar-refractivity contribution in [2.45, 2.75) is 11.8 Å². The fraction of sp³-hybridized carbons (Fsp3) is 0.188. The van der Waals surface area contributed by atoms with Gasteiger partial charge in [-0.05, 0) is 24.3 Å². The van der Waals surface area contributed by atoms with E-state index in [2.05, 4.69) is 5.32 Å². The molecule has 2 rings (SSSR count). The zero-order valence-electron chi connectivity index (χ0n) is 12.3. The van der Waals surface area contributed by atoms with Crippen molar-refractivity contribution in [3.8, 4) is 0 Å². The summed E-state index contributed by atoms with van der Waals surface area (Å²) >= 11 is 0. The summed E-state index contributed by atoms with van der Waals surface area (Å²) in [5.41, 5.74) is 0.640. The third-order valence-electron chi connectivity index (χ3n) is 3.11. The lowest BCUT2D eigenvalue weighted by atomic mass is 10.3. The minimum Gasteiger partial charge on any atom is -0.325 e. The fourth-order valence-corrected chi connectivity index (χ4v) is 3.42. The number of amides is 1. The van der Waals surface area contributed by atoms with Crippen molar-refractivity contribution in [3.63, 3.8) is 0 Å². The van der Waals surface area contributed by atoms with Crippen molar-refractivity contribution in [1.82, 2.24) is 4.31 Å². The van der Waals surface area contributed by atoms with E-state index in [1.165, 1.54) is 12.1 Å². The van der Waals surface area contributed by atoms with E-state index < -0.39 is 10.0 Å². The Morgan fingerprint density at radius 2 is 1.55 bits per heavy atom. The van der Waals surface area contributed by atoms with Gasteiger partial charge in [0, 0.05) is 12.2 Å². The maximum absolute atomic E-state index is 12.5. The number of carbonyl (C=O) groups excluding carboxylic acids is 1. The van der Waals surface area contributed by atoms with Gasteiger partial charge >= 0.3 is 0 Å². The van der Waals surface area contributed by atoms with Gasteiger partial charge in [-0.2, -0.15) is 4.31 Å². The Balaban J connectivity index is 2.10. The predicted octanol–water partition coefficient (Wildman–Crippen LogP) is 2.34. The zero-order valence-corrected chi connectivity index (χ0v) is 13.1. The Hall–Kier alpha value is -2.18. The first-order chi connectivity index (χ1) is 10.5. The summed E-state index contributed by atoms with van der Waals surface area (Å²) in [6.45, 7) is 1.71. The first-order valence-corrected chi connectivity index (χ1v) is 8.38. The maximum atomic E-state index is 12.5. The number of sulfonamides is 1. The summed E-state index contributed by atoms with van der Waals surface area (Å²) < 4.78 is 26.1. The van der Waals surface area contributed by atoms with Gasteiger partial charge in [-0.1, -0.05) is 43.3 Å². The van der Waals surface area contributed by atoms with Crippen LogP contribution < -0.4 is 5.32 Å². The standard InChI is InChI=1S/C16H18N2O3S/c1-2-18(22(20,21)15-11-7-4-8-12-15)13-16(19)17-14-9-5-3-6-10-14/h3-12H,2,13H2,1H3,(H,17,19). The molecule has 0 bridgehead atoms. The Labute approximate surface area is 130 Å². The summed E-state index contributed by atoms with van der Waals surface area (Å²) in [6, 6.07) is 17.0. The quantitative estimate of drug-likeness (QED) is 0.889. The van der Waals surface area contributed by atoms with Crippen LogP contribution in [0.3, 0.4) is 0 Å². The predicted molar refractivity (Wildman–Crippen MR) is 85.9 cm³/mol. The number of rotatable bonds is 6. The highest BCUT2D eigenvalue weighted by Crippen LogP contribution is 2.15. The molecule has 1 N–H and O–H groups in total. The number of likely N-dealkylation sites (N-methyl/N-ethyl adjacent to an activating group) is 1. The molecule has 0 aliphatic heterocycles. The monoisotopic (exact) mass is 318 g/mol. The SMILES string of the molecule is CCN(CC(=O)Nc1ccccc1)S(=O)(=O)c1ccccc1. The highest BCUT2D eigenvalue weighted by atomic mass is 32.2. The Kier molecular flexibility index (Phi) is 5.30. The number of benzene rings is 2. The molecule has 22 heavy (non-hydrogen) atoms. The van der Waals surface area contributed by atoms with E-state index in [0.29, 0.717) is 5.69 Å². The van der Waals surface area contributed by atoms with E-state index in [-0.39, 0.29) is 23.9 Å². The van der Waals surface area contributed by atoms with E-state index in [4.69, 9.17) is 0 Å². The molecule has 0 radical (unpaired) electrons. The lowest BCUT2D eigenvalue weighted by molar-refractivity contribution is -0.116. The fourth-order valence-electron chi connectivity index (χ4n) is 1.99. The molecule has 2 aromatic rings. The summed E-state index contributed by atoms with van der Waals surface area (Å²) in [5, 5.41) is 2.69. The smallest absolute Gasteiger partial charge is 0.243 e. The van der Waals surface area contributed by atoms with Gasteiger partial charge in [0.05, 0.1) is 11.4 Å². The largest absolute Gasteiger partial charge is 0.325 e. The molecule has 0 fully saturated rings. The molecule has 0 spiro atoms. The topological polar surface area (TPSA) is 66.5 Å². The summed E-state index contributed by atoms with van der Waals surface area (Å²) in [6.07, 6.45) is 0. The molecule has 0 saturated carbocycles. The van der Waals surface area contributed by atoms with Crippen molar-refractivity contribution >= 4 is 21.6 Å². The number of anilines is 1. The molecule has 0 saturated heterocycles. The zero-order chi connectivity index (χ0) is 16.0. The highest BCUT2D eigenvalue weighted by Gasteiger charge is 2.24. The minimum absolute atomic E-state index is 0.185. The first-order valence-electron chi connectivity index (χ1n) is 6.94. The summed E-state index contributed by atoms with van der Waals surface area (Å²) in [4.78, 5) is 12.2. The second-order valence-electron chi connectivity index (χ2n) is 4.66. The normalized spacial score (nSPS) is 11.4. The van der Waals surface area contributed by atoms with Crippen molar-refractivity contribution in [2.75, 3.05) is 18.4 Å². The Bertz CT molecular complexity index is 716. The van der Waals surface area contributed by atoms with E-state index in [9.17, 15) is 13.2 Å². The van der Waals surface area contributed by atoms with Crippen LogP contribution in [0.4, 0.5) is 5.69 Å².